The summed E-state index contributed by atoms with van der Waals surface area (Å²) < 4.78 is 14.5. The molecule has 0 aliphatic rings. The van der Waals surface area contributed by atoms with Crippen molar-refractivity contribution in [3.63, 3.8) is 0 Å². The number of rotatable bonds is 3. The van der Waals surface area contributed by atoms with E-state index < -0.39 is 0 Å². The standard InChI is InChI=1S/C8H7BO3/c1-6(10)7-3-2-4-8(5-7)12-9-11/h2-5H,1H3. The minimum absolute atomic E-state index is 0.0497. The first-order valence-corrected chi connectivity index (χ1v) is 3.45. The molecule has 0 bridgehead atoms. The predicted molar refractivity (Wildman–Crippen MR) is 43.5 cm³/mol. The van der Waals surface area contributed by atoms with Gasteiger partial charge in [0.05, 0.1) is 0 Å². The van der Waals surface area contributed by atoms with Gasteiger partial charge in [-0.05, 0) is 0 Å². The molecular formula is C8H7BO3. The number of Topliss-reactive ketones (excluding diaryl/α,β-unsaturated/α-hetero) is 1. The molecule has 0 heterocycles. The Kier molecular flexibility index (Phi) is 2.74. The first kappa shape index (κ1) is 8.65. The van der Waals surface area contributed by atoms with Gasteiger partial charge in [-0.3, -0.25) is 0 Å². The van der Waals surface area contributed by atoms with Gasteiger partial charge < -0.3 is 0 Å². The van der Waals surface area contributed by atoms with Crippen molar-refractivity contribution in [3.05, 3.63) is 29.8 Å². The zero-order valence-corrected chi connectivity index (χ0v) is 6.61. The van der Waals surface area contributed by atoms with Gasteiger partial charge in [-0.25, -0.2) is 0 Å². The van der Waals surface area contributed by atoms with Crippen LogP contribution in [0.1, 0.15) is 17.3 Å². The predicted octanol–water partition coefficient (Wildman–Crippen LogP) is 1.23. The van der Waals surface area contributed by atoms with Crippen LogP contribution in [-0.2, 0) is 4.70 Å². The molecule has 0 aliphatic heterocycles. The average molecular weight is 162 g/mol. The average Bonchev–Trinajstić information content (AvgIpc) is 2.05. The molecule has 60 valence electrons. The normalized spacial score (nSPS) is 8.75. The molecule has 0 aliphatic carbocycles. The second-order valence-corrected chi connectivity index (χ2v) is 2.30. The monoisotopic (exact) mass is 162 g/mol. The summed E-state index contributed by atoms with van der Waals surface area (Å²) in [6.07, 6.45) is 0. The van der Waals surface area contributed by atoms with Gasteiger partial charge in [-0.2, -0.15) is 0 Å². The van der Waals surface area contributed by atoms with E-state index in [9.17, 15) is 9.50 Å². The number of ketones is 1. The Balaban J connectivity index is 2.95. The van der Waals surface area contributed by atoms with Gasteiger partial charge in [-0.15, -0.1) is 0 Å². The number of hydrogen-bond acceptors (Lipinski definition) is 3. The van der Waals surface area contributed by atoms with Crippen LogP contribution in [-0.4, -0.2) is 13.1 Å². The molecule has 4 heteroatoms. The van der Waals surface area contributed by atoms with Crippen LogP contribution in [0.5, 0.6) is 5.75 Å². The SMILES string of the molecule is CC(=O)c1cccc(OB=O)c1. The second-order valence-electron chi connectivity index (χ2n) is 2.30. The fourth-order valence-corrected chi connectivity index (χ4v) is 0.844. The summed E-state index contributed by atoms with van der Waals surface area (Å²) in [5.74, 6) is 0.337. The summed E-state index contributed by atoms with van der Waals surface area (Å²) >= 11 is 0. The van der Waals surface area contributed by atoms with Crippen molar-refractivity contribution in [2.75, 3.05) is 0 Å². The zero-order chi connectivity index (χ0) is 8.97. The maximum atomic E-state index is 10.9. The van der Waals surface area contributed by atoms with Crippen molar-refractivity contribution in [3.8, 4) is 5.75 Å². The van der Waals surface area contributed by atoms with E-state index in [4.69, 9.17) is 0 Å². The Labute approximate surface area is 70.6 Å². The third-order valence-corrected chi connectivity index (χ3v) is 1.42. The van der Waals surface area contributed by atoms with E-state index in [0.717, 1.165) is 0 Å². The molecule has 3 nitrogen and oxygen atoms in total. The molecule has 1 aromatic carbocycles. The molecule has 1 rings (SSSR count). The van der Waals surface area contributed by atoms with Crippen LogP contribution in [0, 0.1) is 0 Å². The molecule has 12 heavy (non-hydrogen) atoms. The van der Waals surface area contributed by atoms with Gasteiger partial charge in [0.2, 0.25) is 0 Å². The summed E-state index contributed by atoms with van der Waals surface area (Å²) in [7, 11) is 0.333. The molecule has 0 radical (unpaired) electrons. The molecule has 0 saturated carbocycles. The molecule has 0 aromatic heterocycles. The summed E-state index contributed by atoms with van der Waals surface area (Å²) in [6.45, 7) is 1.46. The van der Waals surface area contributed by atoms with E-state index in [-0.39, 0.29) is 5.78 Å². The Morgan fingerprint density at radius 3 is 2.83 bits per heavy atom. The minimum atomic E-state index is -0.0497. The van der Waals surface area contributed by atoms with Gasteiger partial charge in [0, 0.05) is 0 Å². The van der Waals surface area contributed by atoms with Crippen molar-refractivity contribution in [1.29, 1.82) is 0 Å². The number of carbonyl (C=O) groups is 1. The van der Waals surface area contributed by atoms with Crippen LogP contribution in [0.2, 0.25) is 0 Å². The zero-order valence-electron chi connectivity index (χ0n) is 6.61. The number of hydrogen-bond donors (Lipinski definition) is 0. The van der Waals surface area contributed by atoms with Crippen molar-refractivity contribution in [2.45, 2.75) is 6.92 Å². The van der Waals surface area contributed by atoms with Crippen molar-refractivity contribution >= 4 is 13.1 Å². The van der Waals surface area contributed by atoms with E-state index in [1.807, 2.05) is 0 Å². The molecule has 0 saturated heterocycles. The van der Waals surface area contributed by atoms with Gasteiger partial charge in [0.15, 0.2) is 0 Å². The first-order valence-electron chi connectivity index (χ1n) is 3.45. The molecule has 0 N–H and O–H groups in total. The van der Waals surface area contributed by atoms with Crippen LogP contribution < -0.4 is 4.65 Å². The fraction of sp³-hybridized carbons (Fsp3) is 0.125. The quantitative estimate of drug-likeness (QED) is 0.495. The Morgan fingerprint density at radius 1 is 1.50 bits per heavy atom. The van der Waals surface area contributed by atoms with Gasteiger partial charge in [0.1, 0.15) is 0 Å². The van der Waals surface area contributed by atoms with E-state index in [0.29, 0.717) is 18.7 Å². The Bertz CT molecular complexity index is 309. The van der Waals surface area contributed by atoms with Gasteiger partial charge in [0.25, 0.3) is 0 Å². The first-order chi connectivity index (χ1) is 5.74. The summed E-state index contributed by atoms with van der Waals surface area (Å²) in [6, 6.07) is 6.47. The Morgan fingerprint density at radius 2 is 2.25 bits per heavy atom. The van der Waals surface area contributed by atoms with Crippen LogP contribution in [0.4, 0.5) is 0 Å². The maximum absolute atomic E-state index is 10.9. The van der Waals surface area contributed by atoms with E-state index in [1.54, 1.807) is 18.2 Å². The topological polar surface area (TPSA) is 43.4 Å². The van der Waals surface area contributed by atoms with E-state index >= 15 is 0 Å². The van der Waals surface area contributed by atoms with E-state index in [2.05, 4.69) is 4.65 Å². The molecule has 0 unspecified atom stereocenters. The fourth-order valence-electron chi connectivity index (χ4n) is 0.844. The molecule has 1 aromatic rings. The molecule has 0 atom stereocenters. The van der Waals surface area contributed by atoms with Crippen molar-refractivity contribution in [1.82, 2.24) is 0 Å². The molecule has 0 spiro atoms. The number of carbonyl (C=O) groups excluding carboxylic acids is 1. The molecular weight excluding hydrogens is 155 g/mol. The van der Waals surface area contributed by atoms with Crippen LogP contribution in [0.3, 0.4) is 0 Å². The van der Waals surface area contributed by atoms with Gasteiger partial charge >= 0.3 is 69.8 Å². The summed E-state index contributed by atoms with van der Waals surface area (Å²) in [5.41, 5.74) is 0.536. The van der Waals surface area contributed by atoms with Gasteiger partial charge in [-0.1, -0.05) is 0 Å². The third-order valence-electron chi connectivity index (χ3n) is 1.42. The second kappa shape index (κ2) is 3.81. The van der Waals surface area contributed by atoms with Crippen LogP contribution in [0.25, 0.3) is 0 Å². The summed E-state index contributed by atoms with van der Waals surface area (Å²) in [5, 5.41) is 0. The van der Waals surface area contributed by atoms with Crippen LogP contribution >= 0.6 is 0 Å². The third kappa shape index (κ3) is 2.02. The number of benzene rings is 1. The Hall–Kier alpha value is -1.45. The van der Waals surface area contributed by atoms with E-state index in [1.165, 1.54) is 13.0 Å². The van der Waals surface area contributed by atoms with Crippen LogP contribution in [0.15, 0.2) is 24.3 Å². The molecule has 0 amide bonds. The van der Waals surface area contributed by atoms with Crippen molar-refractivity contribution in [2.24, 2.45) is 0 Å². The molecule has 0 fully saturated rings. The summed E-state index contributed by atoms with van der Waals surface area (Å²) in [4.78, 5) is 10.9. The van der Waals surface area contributed by atoms with Crippen molar-refractivity contribution < 1.29 is 14.2 Å².